The van der Waals surface area contributed by atoms with Gasteiger partial charge in [-0.05, 0) is 31.7 Å². The fourth-order valence-electron chi connectivity index (χ4n) is 11.3. The first-order valence-corrected chi connectivity index (χ1v) is 13.0. The van der Waals surface area contributed by atoms with Gasteiger partial charge in [0.05, 0.1) is 36.6 Å². The molecule has 13 atom stereocenters. The van der Waals surface area contributed by atoms with Crippen LogP contribution in [0.15, 0.2) is 0 Å². The summed E-state index contributed by atoms with van der Waals surface area (Å²) in [5, 5.41) is 12.8. The number of ether oxygens (including phenoxy) is 5. The Kier molecular flexibility index (Phi) is 5.34. The topological polar surface area (TPSA) is 69.6 Å². The van der Waals surface area contributed by atoms with Crippen molar-refractivity contribution in [1.29, 1.82) is 0 Å². The van der Waals surface area contributed by atoms with E-state index in [4.69, 9.17) is 23.7 Å². The van der Waals surface area contributed by atoms with Crippen LogP contribution < -0.4 is 0 Å². The Balaban J connectivity index is 1.63. The second kappa shape index (κ2) is 7.61. The number of hydrogen-bond donors (Lipinski definition) is 1. The Morgan fingerprint density at radius 2 is 1.73 bits per heavy atom. The summed E-state index contributed by atoms with van der Waals surface area (Å²) in [6.07, 6.45) is 3.98. The molecule has 33 heavy (non-hydrogen) atoms. The zero-order valence-electron chi connectivity index (χ0n) is 21.2. The molecule has 7 heteroatoms. The van der Waals surface area contributed by atoms with Gasteiger partial charge in [0.2, 0.25) is 0 Å². The molecule has 6 fully saturated rings. The van der Waals surface area contributed by atoms with Crippen LogP contribution in [-0.2, 0) is 23.7 Å². The number of methoxy groups -OCH3 is 5. The molecule has 5 aliphatic carbocycles. The minimum atomic E-state index is -0.873. The van der Waals surface area contributed by atoms with Crippen molar-refractivity contribution in [2.75, 3.05) is 55.2 Å². The second-order valence-corrected chi connectivity index (χ2v) is 12.0. The lowest BCUT2D eigenvalue weighted by molar-refractivity contribution is -0.277. The summed E-state index contributed by atoms with van der Waals surface area (Å²) in [5.74, 6) is 1.05. The van der Waals surface area contributed by atoms with Crippen molar-refractivity contribution >= 4 is 0 Å². The van der Waals surface area contributed by atoms with Crippen molar-refractivity contribution in [1.82, 2.24) is 4.90 Å². The van der Waals surface area contributed by atoms with Crippen LogP contribution in [0.4, 0.5) is 0 Å². The van der Waals surface area contributed by atoms with E-state index in [0.29, 0.717) is 24.2 Å². The summed E-state index contributed by atoms with van der Waals surface area (Å²) in [6, 6.07) is 0.241. The quantitative estimate of drug-likeness (QED) is 0.615. The predicted molar refractivity (Wildman–Crippen MR) is 122 cm³/mol. The summed E-state index contributed by atoms with van der Waals surface area (Å²) in [7, 11) is 9.22. The molecule has 1 heterocycles. The SMILES string of the molecule is CCN1C[C@]2(COC)CCC(OC)C34C5CC6[C@@H](OC)C5[C@](O)(C[C@@H]6OC)[C@@H](C13)[C@H](OC)C42. The van der Waals surface area contributed by atoms with E-state index in [0.717, 1.165) is 39.0 Å². The third kappa shape index (κ3) is 2.41. The summed E-state index contributed by atoms with van der Waals surface area (Å²) in [4.78, 5) is 2.67. The van der Waals surface area contributed by atoms with E-state index in [-0.39, 0.29) is 53.1 Å². The van der Waals surface area contributed by atoms with E-state index >= 15 is 0 Å². The van der Waals surface area contributed by atoms with Gasteiger partial charge in [0.1, 0.15) is 0 Å². The molecule has 0 amide bonds. The van der Waals surface area contributed by atoms with Crippen LogP contribution in [0.25, 0.3) is 0 Å². The van der Waals surface area contributed by atoms with Crippen molar-refractivity contribution in [3.8, 4) is 0 Å². The van der Waals surface area contributed by atoms with Gasteiger partial charge in [0, 0.05) is 89.1 Å². The molecule has 7 bridgehead atoms. The van der Waals surface area contributed by atoms with Crippen molar-refractivity contribution in [2.24, 2.45) is 40.4 Å². The second-order valence-electron chi connectivity index (χ2n) is 12.0. The summed E-state index contributed by atoms with van der Waals surface area (Å²) in [6.45, 7) is 4.99. The summed E-state index contributed by atoms with van der Waals surface area (Å²) < 4.78 is 31.1. The molecule has 7 nitrogen and oxygen atoms in total. The molecule has 1 aliphatic heterocycles. The first-order chi connectivity index (χ1) is 15.9. The molecular weight excluding hydrogens is 422 g/mol. The highest BCUT2D eigenvalue weighted by Crippen LogP contribution is 2.79. The van der Waals surface area contributed by atoms with Crippen LogP contribution in [0, 0.1) is 40.4 Å². The number of fused-ring (bicyclic) bond motifs is 2. The Hall–Kier alpha value is -0.280. The Labute approximate surface area is 198 Å². The monoisotopic (exact) mass is 465 g/mol. The van der Waals surface area contributed by atoms with Crippen LogP contribution in [0.2, 0.25) is 0 Å². The molecule has 7 unspecified atom stereocenters. The zero-order valence-corrected chi connectivity index (χ0v) is 21.2. The fraction of sp³-hybridized carbons (Fsp3) is 1.00. The van der Waals surface area contributed by atoms with Gasteiger partial charge in [-0.3, -0.25) is 4.90 Å². The lowest BCUT2D eigenvalue weighted by Crippen LogP contribution is -2.76. The molecule has 6 rings (SSSR count). The van der Waals surface area contributed by atoms with Crippen LogP contribution in [0.1, 0.15) is 32.6 Å². The maximum Gasteiger partial charge on any atom is 0.0796 e. The Morgan fingerprint density at radius 3 is 2.33 bits per heavy atom. The van der Waals surface area contributed by atoms with Crippen LogP contribution in [0.3, 0.4) is 0 Å². The smallest absolute Gasteiger partial charge is 0.0796 e. The maximum atomic E-state index is 12.8. The van der Waals surface area contributed by atoms with Crippen molar-refractivity contribution in [2.45, 2.75) is 68.7 Å². The van der Waals surface area contributed by atoms with Gasteiger partial charge in [-0.1, -0.05) is 6.92 Å². The molecule has 1 saturated heterocycles. The van der Waals surface area contributed by atoms with Gasteiger partial charge in [0.25, 0.3) is 0 Å². The van der Waals surface area contributed by atoms with Gasteiger partial charge >= 0.3 is 0 Å². The molecule has 0 aromatic carbocycles. The van der Waals surface area contributed by atoms with Crippen molar-refractivity contribution < 1.29 is 28.8 Å². The van der Waals surface area contributed by atoms with Crippen LogP contribution in [-0.4, -0.2) is 101 Å². The minimum absolute atomic E-state index is 0.0116. The molecule has 1 spiro atoms. The summed E-state index contributed by atoms with van der Waals surface area (Å²) in [5.41, 5.74) is -0.931. The number of likely N-dealkylation sites (tertiary alicyclic amines) is 1. The van der Waals surface area contributed by atoms with E-state index in [2.05, 4.69) is 11.8 Å². The summed E-state index contributed by atoms with van der Waals surface area (Å²) >= 11 is 0. The molecule has 0 aromatic heterocycles. The van der Waals surface area contributed by atoms with Crippen molar-refractivity contribution in [3.05, 3.63) is 0 Å². The third-order valence-electron chi connectivity index (χ3n) is 11.6. The zero-order chi connectivity index (χ0) is 23.3. The van der Waals surface area contributed by atoms with Gasteiger partial charge in [-0.15, -0.1) is 0 Å². The Bertz CT molecular complexity index is 782. The van der Waals surface area contributed by atoms with Crippen LogP contribution >= 0.6 is 0 Å². The van der Waals surface area contributed by atoms with E-state index < -0.39 is 5.60 Å². The Morgan fingerprint density at radius 1 is 0.970 bits per heavy atom. The largest absolute Gasteiger partial charge is 0.389 e. The molecular formula is C26H43NO6. The predicted octanol–water partition coefficient (Wildman–Crippen LogP) is 1.81. The highest BCUT2D eigenvalue weighted by molar-refractivity contribution is 5.35. The van der Waals surface area contributed by atoms with E-state index in [1.165, 1.54) is 0 Å². The highest BCUT2D eigenvalue weighted by Gasteiger charge is 2.86. The van der Waals surface area contributed by atoms with Gasteiger partial charge < -0.3 is 28.8 Å². The molecule has 0 radical (unpaired) electrons. The highest BCUT2D eigenvalue weighted by atomic mass is 16.5. The van der Waals surface area contributed by atoms with Gasteiger partial charge in [0.15, 0.2) is 0 Å². The van der Waals surface area contributed by atoms with E-state index in [1.807, 2.05) is 28.4 Å². The first-order valence-electron chi connectivity index (χ1n) is 13.0. The molecule has 0 aromatic rings. The number of piperidine rings is 1. The fourth-order valence-corrected chi connectivity index (χ4v) is 11.3. The minimum Gasteiger partial charge on any atom is -0.389 e. The average Bonchev–Trinajstić information content (AvgIpc) is 3.27. The molecule has 6 aliphatic rings. The van der Waals surface area contributed by atoms with Gasteiger partial charge in [-0.25, -0.2) is 0 Å². The van der Waals surface area contributed by atoms with E-state index in [9.17, 15) is 5.11 Å². The first kappa shape index (κ1) is 23.1. The molecule has 5 saturated carbocycles. The standard InChI is InChI=1S/C26H43NO6/c1-7-27-12-24(13-29-2)9-8-17(31-4)26-15-10-14-16(30-3)11-25(28,18(15)20(14)32-5)19(23(26)27)21(33-6)22(24)26/h14-23,28H,7-13H2,1-6H3/t14?,15?,16-,17?,18?,19+,20+,21-,22?,23?,24-,25+,26?/m0/s1. The number of nitrogens with zero attached hydrogens (tertiary/aromatic N) is 1. The lowest BCUT2D eigenvalue weighted by atomic mass is 9.43. The number of rotatable bonds is 7. The third-order valence-corrected chi connectivity index (χ3v) is 11.6. The number of aliphatic hydroxyl groups is 1. The molecule has 1 N–H and O–H groups in total. The van der Waals surface area contributed by atoms with Crippen LogP contribution in [0.5, 0.6) is 0 Å². The maximum absolute atomic E-state index is 12.8. The lowest BCUT2D eigenvalue weighted by Gasteiger charge is -2.69. The number of hydrogen-bond acceptors (Lipinski definition) is 7. The van der Waals surface area contributed by atoms with E-state index in [1.54, 1.807) is 7.11 Å². The normalized spacial score (nSPS) is 58.6. The molecule has 188 valence electrons. The average molecular weight is 466 g/mol. The van der Waals surface area contributed by atoms with Crippen molar-refractivity contribution in [3.63, 3.8) is 0 Å². The van der Waals surface area contributed by atoms with Gasteiger partial charge in [-0.2, -0.15) is 0 Å².